The maximum atomic E-state index is 12.1. The summed E-state index contributed by atoms with van der Waals surface area (Å²) in [5, 5.41) is 5.68. The van der Waals surface area contributed by atoms with E-state index in [4.69, 9.17) is 9.47 Å². The molecule has 0 unspecified atom stereocenters. The van der Waals surface area contributed by atoms with Gasteiger partial charge in [-0.15, -0.1) is 26.3 Å². The number of carbonyl (C=O) groups excluding carboxylic acids is 2. The molecule has 5 aliphatic carbocycles. The zero-order chi connectivity index (χ0) is 24.1. The van der Waals surface area contributed by atoms with Gasteiger partial charge in [0.15, 0.2) is 0 Å². The van der Waals surface area contributed by atoms with Crippen LogP contribution in [0.2, 0.25) is 0 Å². The minimum absolute atomic E-state index is 0.0754. The summed E-state index contributed by atoms with van der Waals surface area (Å²) in [6, 6.07) is 0. The van der Waals surface area contributed by atoms with Gasteiger partial charge in [-0.3, -0.25) is 19.1 Å². The lowest BCUT2D eigenvalue weighted by atomic mass is 9.44. The highest BCUT2D eigenvalue weighted by atomic mass is 19.4. The van der Waals surface area contributed by atoms with E-state index >= 15 is 0 Å². The van der Waals surface area contributed by atoms with Gasteiger partial charge in [-0.1, -0.05) is 0 Å². The average Bonchev–Trinajstić information content (AvgIpc) is 2.53. The molecule has 0 aromatic carbocycles. The Bertz CT molecular complexity index is 683. The molecule has 0 radical (unpaired) electrons. The van der Waals surface area contributed by atoms with E-state index in [1.807, 2.05) is 0 Å². The van der Waals surface area contributed by atoms with Crippen molar-refractivity contribution in [3.8, 4) is 0 Å². The standard InChI is InChI=1S/C19H24F6N2O6/c20-18(21,22)32-12-1-10(2-12)30-5-14(28)26-16-7-17(8-16,9-16)27-15(29)6-31-11-3-13(4-11)33-19(23,24)25/h10-13H,1-9H2,(H,26,28)(H,27,29)/t10-,11?,12-,13?,16?,17?. The Labute approximate surface area is 184 Å². The van der Waals surface area contributed by atoms with Crippen molar-refractivity contribution in [1.29, 1.82) is 0 Å². The van der Waals surface area contributed by atoms with Crippen LogP contribution in [0, 0.1) is 0 Å². The zero-order valence-corrected chi connectivity index (χ0v) is 17.4. The molecule has 5 saturated carbocycles. The van der Waals surface area contributed by atoms with Crippen molar-refractivity contribution in [2.24, 2.45) is 0 Å². The molecule has 0 atom stereocenters. The van der Waals surface area contributed by atoms with Gasteiger partial charge in [0.1, 0.15) is 13.2 Å². The molecule has 33 heavy (non-hydrogen) atoms. The van der Waals surface area contributed by atoms with Crippen molar-refractivity contribution >= 4 is 11.8 Å². The van der Waals surface area contributed by atoms with Gasteiger partial charge in [0.05, 0.1) is 24.4 Å². The molecule has 5 aliphatic rings. The lowest BCUT2D eigenvalue weighted by Crippen LogP contribution is -2.84. The van der Waals surface area contributed by atoms with Crippen LogP contribution in [0.1, 0.15) is 44.9 Å². The molecule has 2 bridgehead atoms. The summed E-state index contributed by atoms with van der Waals surface area (Å²) < 4.78 is 90.8. The fourth-order valence-corrected chi connectivity index (χ4v) is 4.98. The molecule has 0 spiro atoms. The quantitative estimate of drug-likeness (QED) is 0.456. The minimum Gasteiger partial charge on any atom is -0.368 e. The summed E-state index contributed by atoms with van der Waals surface area (Å²) >= 11 is 0. The summed E-state index contributed by atoms with van der Waals surface area (Å²) in [7, 11) is 0. The first-order chi connectivity index (χ1) is 15.2. The third-order valence-corrected chi connectivity index (χ3v) is 6.44. The van der Waals surface area contributed by atoms with Gasteiger partial charge in [-0.25, -0.2) is 0 Å². The summed E-state index contributed by atoms with van der Waals surface area (Å²) in [6.45, 7) is -0.530. The number of carbonyl (C=O) groups is 2. The summed E-state index contributed by atoms with van der Waals surface area (Å²) in [5.74, 6) is -0.752. The number of alkyl halides is 6. The fraction of sp³-hybridized carbons (Fsp3) is 0.895. The second-order valence-corrected chi connectivity index (χ2v) is 9.37. The van der Waals surface area contributed by atoms with Crippen molar-refractivity contribution in [2.45, 2.75) is 93.2 Å². The van der Waals surface area contributed by atoms with E-state index in [0.717, 1.165) is 0 Å². The van der Waals surface area contributed by atoms with Crippen LogP contribution in [0.5, 0.6) is 0 Å². The van der Waals surface area contributed by atoms with E-state index in [1.54, 1.807) is 0 Å². The Morgan fingerprint density at radius 3 is 1.30 bits per heavy atom. The first-order valence-electron chi connectivity index (χ1n) is 10.6. The third-order valence-electron chi connectivity index (χ3n) is 6.44. The predicted octanol–water partition coefficient (Wildman–Crippen LogP) is 2.06. The Kier molecular flexibility index (Phi) is 6.34. The minimum atomic E-state index is -4.68. The highest BCUT2D eigenvalue weighted by molar-refractivity contribution is 5.81. The summed E-state index contributed by atoms with van der Waals surface area (Å²) in [6.07, 6.45) is -10.2. The number of hydrogen-bond acceptors (Lipinski definition) is 6. The number of rotatable bonds is 10. The lowest BCUT2D eigenvalue weighted by Gasteiger charge is -2.70. The maximum absolute atomic E-state index is 12.1. The third kappa shape index (κ3) is 6.28. The largest absolute Gasteiger partial charge is 0.522 e. The van der Waals surface area contributed by atoms with Crippen LogP contribution >= 0.6 is 0 Å². The lowest BCUT2D eigenvalue weighted by molar-refractivity contribution is -0.358. The molecule has 2 amide bonds. The molecule has 0 saturated heterocycles. The Balaban J connectivity index is 1.04. The molecular weight excluding hydrogens is 466 g/mol. The van der Waals surface area contributed by atoms with E-state index in [9.17, 15) is 35.9 Å². The van der Waals surface area contributed by atoms with Crippen molar-refractivity contribution < 1.29 is 54.9 Å². The van der Waals surface area contributed by atoms with E-state index in [2.05, 4.69) is 20.1 Å². The van der Waals surface area contributed by atoms with Crippen LogP contribution in [0.3, 0.4) is 0 Å². The number of hydrogen-bond donors (Lipinski definition) is 2. The molecule has 8 nitrogen and oxygen atoms in total. The average molecular weight is 490 g/mol. The van der Waals surface area contributed by atoms with E-state index < -0.39 is 48.2 Å². The molecule has 0 aromatic rings. The van der Waals surface area contributed by atoms with Crippen LogP contribution in [0.15, 0.2) is 0 Å². The Morgan fingerprint density at radius 1 is 0.667 bits per heavy atom. The molecule has 0 aromatic heterocycles. The highest BCUT2D eigenvalue weighted by Crippen LogP contribution is 2.60. The normalized spacial score (nSPS) is 37.2. The van der Waals surface area contributed by atoms with Gasteiger partial charge in [0.2, 0.25) is 11.8 Å². The summed E-state index contributed by atoms with van der Waals surface area (Å²) in [4.78, 5) is 24.1. The monoisotopic (exact) mass is 490 g/mol. The van der Waals surface area contributed by atoms with Crippen molar-refractivity contribution in [1.82, 2.24) is 10.6 Å². The van der Waals surface area contributed by atoms with Crippen LogP contribution in [0.4, 0.5) is 26.3 Å². The smallest absolute Gasteiger partial charge is 0.368 e. The molecule has 5 fully saturated rings. The van der Waals surface area contributed by atoms with Crippen molar-refractivity contribution in [2.75, 3.05) is 13.2 Å². The van der Waals surface area contributed by atoms with Gasteiger partial charge in [-0.05, 0) is 19.3 Å². The Hall–Kier alpha value is -1.64. The van der Waals surface area contributed by atoms with Gasteiger partial charge in [0, 0.05) is 36.8 Å². The van der Waals surface area contributed by atoms with Crippen molar-refractivity contribution in [3.05, 3.63) is 0 Å². The van der Waals surface area contributed by atoms with Crippen LogP contribution in [0.25, 0.3) is 0 Å². The molecule has 2 N–H and O–H groups in total. The van der Waals surface area contributed by atoms with Gasteiger partial charge >= 0.3 is 12.7 Å². The van der Waals surface area contributed by atoms with Crippen LogP contribution in [-0.4, -0.2) is 73.2 Å². The van der Waals surface area contributed by atoms with E-state index in [-0.39, 0.29) is 50.7 Å². The van der Waals surface area contributed by atoms with Gasteiger partial charge in [-0.2, -0.15) is 0 Å². The molecule has 14 heteroatoms. The second-order valence-electron chi connectivity index (χ2n) is 9.37. The number of amides is 2. The van der Waals surface area contributed by atoms with E-state index in [1.165, 1.54) is 0 Å². The first kappa shape index (κ1) is 24.5. The van der Waals surface area contributed by atoms with Crippen LogP contribution in [-0.2, 0) is 28.5 Å². The molecular formula is C19H24F6N2O6. The first-order valence-corrected chi connectivity index (χ1v) is 10.6. The summed E-state index contributed by atoms with van der Waals surface area (Å²) in [5.41, 5.74) is -0.849. The maximum Gasteiger partial charge on any atom is 0.522 e. The molecule has 0 heterocycles. The Morgan fingerprint density at radius 2 is 1.00 bits per heavy atom. The molecule has 188 valence electrons. The van der Waals surface area contributed by atoms with Crippen LogP contribution < -0.4 is 10.6 Å². The zero-order valence-electron chi connectivity index (χ0n) is 17.4. The molecule has 0 aliphatic heterocycles. The predicted molar refractivity (Wildman–Crippen MR) is 95.4 cm³/mol. The number of nitrogens with one attached hydrogen (secondary N) is 2. The second kappa shape index (κ2) is 8.54. The number of ether oxygens (including phenoxy) is 4. The van der Waals surface area contributed by atoms with Crippen molar-refractivity contribution in [3.63, 3.8) is 0 Å². The SMILES string of the molecule is O=C(COC1CC(OC(F)(F)F)C1)NC12CC(NC(=O)CO[C@H]3C[C@H](OC(F)(F)F)C3)(C1)C2. The topological polar surface area (TPSA) is 95.1 Å². The van der Waals surface area contributed by atoms with Gasteiger partial charge < -0.3 is 20.1 Å². The number of halogens is 6. The highest BCUT2D eigenvalue weighted by Gasteiger charge is 2.69. The fourth-order valence-electron chi connectivity index (χ4n) is 4.98. The van der Waals surface area contributed by atoms with Gasteiger partial charge in [0.25, 0.3) is 0 Å². The van der Waals surface area contributed by atoms with E-state index in [0.29, 0.717) is 19.3 Å². The molecule has 5 rings (SSSR count).